The lowest BCUT2D eigenvalue weighted by atomic mass is 10.1. The minimum Gasteiger partial charge on any atom is -0.239 e. The molecule has 6 heteroatoms. The van der Waals surface area contributed by atoms with Crippen LogP contribution in [0.2, 0.25) is 0 Å². The molecule has 0 aliphatic carbocycles. The van der Waals surface area contributed by atoms with Crippen LogP contribution in [-0.2, 0) is 0 Å². The van der Waals surface area contributed by atoms with Crippen molar-refractivity contribution >= 4 is 23.0 Å². The highest BCUT2D eigenvalue weighted by Crippen LogP contribution is 2.32. The zero-order valence-corrected chi connectivity index (χ0v) is 31.8. The first-order valence-electron chi connectivity index (χ1n) is 18.6. The van der Waals surface area contributed by atoms with E-state index in [2.05, 4.69) is 220 Å². The standard InChI is InChI=1S/C46H52N6/c1-33(2)41-29-30-42(34(3)4)49(41)47-45(37-21-13-9-14-22-37)51(39-25-17-11-18-26-39)52(40-27-19-12-20-28-40)46(38-23-15-10-16-24-38)48-50-43(35(5)6)31-32-44(50)36(7)8/h9-36H,1-8H3/b47-45+,48-46+. The molecule has 0 bridgehead atoms. The number of hydrogen-bond donors (Lipinski definition) is 0. The molecule has 2 heterocycles. The Morgan fingerprint density at radius 2 is 0.615 bits per heavy atom. The molecule has 6 aromatic rings. The number of amidine groups is 2. The van der Waals surface area contributed by atoms with Gasteiger partial charge in [0.15, 0.2) is 11.7 Å². The molecule has 52 heavy (non-hydrogen) atoms. The molecular formula is C46H52N6. The zero-order valence-electron chi connectivity index (χ0n) is 31.8. The van der Waals surface area contributed by atoms with Gasteiger partial charge in [-0.15, -0.1) is 10.2 Å². The van der Waals surface area contributed by atoms with Crippen molar-refractivity contribution in [1.29, 1.82) is 0 Å². The van der Waals surface area contributed by atoms with Gasteiger partial charge in [0.25, 0.3) is 0 Å². The van der Waals surface area contributed by atoms with Gasteiger partial charge in [0.2, 0.25) is 0 Å². The Bertz CT molecular complexity index is 1880. The van der Waals surface area contributed by atoms with Crippen LogP contribution in [0, 0.1) is 0 Å². The first kappa shape index (κ1) is 36.2. The molecular weight excluding hydrogens is 637 g/mol. The van der Waals surface area contributed by atoms with Crippen molar-refractivity contribution in [3.63, 3.8) is 0 Å². The van der Waals surface area contributed by atoms with E-state index in [9.17, 15) is 0 Å². The SMILES string of the molecule is CC(C)c1ccc(C(C)C)n1/N=C(\c1ccccc1)N(c1ccccc1)N(/C(=N/n1c(C(C)C)ccc1C(C)C)c1ccccc1)c1ccccc1. The van der Waals surface area contributed by atoms with Gasteiger partial charge in [-0.3, -0.25) is 0 Å². The molecule has 0 aliphatic rings. The zero-order chi connectivity index (χ0) is 36.8. The van der Waals surface area contributed by atoms with Crippen molar-refractivity contribution in [3.05, 3.63) is 179 Å². The lowest BCUT2D eigenvalue weighted by molar-refractivity contribution is 0.661. The summed E-state index contributed by atoms with van der Waals surface area (Å²) in [5, 5.41) is 15.8. The highest BCUT2D eigenvalue weighted by molar-refractivity contribution is 6.20. The highest BCUT2D eigenvalue weighted by atomic mass is 15.7. The molecule has 0 unspecified atom stereocenters. The number of hydrogen-bond acceptors (Lipinski definition) is 2. The molecule has 0 fully saturated rings. The molecule has 6 rings (SSSR count). The van der Waals surface area contributed by atoms with Crippen LogP contribution in [0.5, 0.6) is 0 Å². The van der Waals surface area contributed by atoms with E-state index < -0.39 is 0 Å². The molecule has 0 saturated heterocycles. The van der Waals surface area contributed by atoms with Crippen LogP contribution in [0.15, 0.2) is 156 Å². The fourth-order valence-electron chi connectivity index (χ4n) is 6.51. The highest BCUT2D eigenvalue weighted by Gasteiger charge is 2.31. The number of rotatable bonds is 10. The molecule has 266 valence electrons. The third-order valence-corrected chi connectivity index (χ3v) is 9.25. The van der Waals surface area contributed by atoms with Crippen LogP contribution in [0.3, 0.4) is 0 Å². The first-order chi connectivity index (χ1) is 25.2. The first-order valence-corrected chi connectivity index (χ1v) is 18.6. The van der Waals surface area contributed by atoms with Crippen LogP contribution in [0.1, 0.15) is 113 Å². The van der Waals surface area contributed by atoms with Crippen molar-refractivity contribution < 1.29 is 0 Å². The molecule has 0 saturated carbocycles. The Balaban J connectivity index is 1.76. The number of hydrazine groups is 1. The lowest BCUT2D eigenvalue weighted by Gasteiger charge is -2.39. The molecule has 0 radical (unpaired) electrons. The predicted octanol–water partition coefficient (Wildman–Crippen LogP) is 11.8. The van der Waals surface area contributed by atoms with Gasteiger partial charge in [-0.25, -0.2) is 19.4 Å². The smallest absolute Gasteiger partial charge is 0.180 e. The summed E-state index contributed by atoms with van der Waals surface area (Å²) in [6, 6.07) is 50.9. The summed E-state index contributed by atoms with van der Waals surface area (Å²) < 4.78 is 4.32. The van der Waals surface area contributed by atoms with E-state index >= 15 is 0 Å². The monoisotopic (exact) mass is 688 g/mol. The van der Waals surface area contributed by atoms with Gasteiger partial charge >= 0.3 is 0 Å². The second-order valence-corrected chi connectivity index (χ2v) is 14.5. The Labute approximate surface area is 310 Å². The third kappa shape index (κ3) is 7.67. The molecule has 0 aliphatic heterocycles. The van der Waals surface area contributed by atoms with Crippen molar-refractivity contribution in [2.24, 2.45) is 10.2 Å². The van der Waals surface area contributed by atoms with Crippen molar-refractivity contribution in [2.45, 2.75) is 79.1 Å². The molecule has 4 aromatic carbocycles. The third-order valence-electron chi connectivity index (χ3n) is 9.25. The average molecular weight is 689 g/mol. The van der Waals surface area contributed by atoms with E-state index in [4.69, 9.17) is 10.2 Å². The predicted molar refractivity (Wildman–Crippen MR) is 220 cm³/mol. The minimum atomic E-state index is 0.266. The Morgan fingerprint density at radius 1 is 0.365 bits per heavy atom. The van der Waals surface area contributed by atoms with Crippen LogP contribution in [-0.4, -0.2) is 21.0 Å². The molecule has 0 N–H and O–H groups in total. The maximum atomic E-state index is 5.67. The van der Waals surface area contributed by atoms with E-state index in [1.165, 1.54) is 0 Å². The van der Waals surface area contributed by atoms with Gasteiger partial charge in [0.1, 0.15) is 0 Å². The quantitative estimate of drug-likeness (QED) is 0.0816. The fraction of sp³-hybridized carbons (Fsp3) is 0.261. The van der Waals surface area contributed by atoms with Gasteiger partial charge in [-0.2, -0.15) is 0 Å². The Kier molecular flexibility index (Phi) is 11.2. The number of para-hydroxylation sites is 2. The minimum absolute atomic E-state index is 0.266. The topological polar surface area (TPSA) is 41.1 Å². The van der Waals surface area contributed by atoms with Crippen LogP contribution >= 0.6 is 0 Å². The summed E-state index contributed by atoms with van der Waals surface area (Å²) in [4.78, 5) is 0. The van der Waals surface area contributed by atoms with Crippen LogP contribution < -0.4 is 10.0 Å². The summed E-state index contributed by atoms with van der Waals surface area (Å²) >= 11 is 0. The second-order valence-electron chi connectivity index (χ2n) is 14.5. The number of aromatic nitrogens is 2. The van der Waals surface area contributed by atoms with Crippen LogP contribution in [0.4, 0.5) is 11.4 Å². The maximum Gasteiger partial charge on any atom is 0.180 e. The molecule has 0 atom stereocenters. The summed E-state index contributed by atoms with van der Waals surface area (Å²) in [6.45, 7) is 17.8. The van der Waals surface area contributed by atoms with Gasteiger partial charge in [-0.05, 0) is 72.2 Å². The number of benzene rings is 4. The van der Waals surface area contributed by atoms with Gasteiger partial charge in [0.05, 0.1) is 11.4 Å². The summed E-state index contributed by atoms with van der Waals surface area (Å²) in [5.41, 5.74) is 8.47. The van der Waals surface area contributed by atoms with E-state index in [0.717, 1.165) is 56.9 Å². The Morgan fingerprint density at radius 3 is 0.865 bits per heavy atom. The normalized spacial score (nSPS) is 12.4. The molecule has 0 spiro atoms. The maximum absolute atomic E-state index is 5.67. The summed E-state index contributed by atoms with van der Waals surface area (Å²) in [6.07, 6.45) is 0. The summed E-state index contributed by atoms with van der Waals surface area (Å²) in [7, 11) is 0. The fourth-order valence-corrected chi connectivity index (χ4v) is 6.51. The van der Waals surface area contributed by atoms with E-state index in [0.29, 0.717) is 0 Å². The van der Waals surface area contributed by atoms with E-state index in [-0.39, 0.29) is 23.7 Å². The average Bonchev–Trinajstić information content (AvgIpc) is 3.79. The van der Waals surface area contributed by atoms with Gasteiger partial charge in [0, 0.05) is 33.9 Å². The molecule has 2 aromatic heterocycles. The van der Waals surface area contributed by atoms with Crippen molar-refractivity contribution in [2.75, 3.05) is 10.0 Å². The van der Waals surface area contributed by atoms with Gasteiger partial charge < -0.3 is 0 Å². The Hall–Kier alpha value is -5.62. The lowest BCUT2D eigenvalue weighted by Crippen LogP contribution is -2.52. The van der Waals surface area contributed by atoms with Crippen molar-refractivity contribution in [1.82, 2.24) is 9.35 Å². The molecule has 6 nitrogen and oxygen atoms in total. The summed E-state index contributed by atoms with van der Waals surface area (Å²) in [5.74, 6) is 2.59. The second kappa shape index (κ2) is 16.2. The van der Waals surface area contributed by atoms with E-state index in [1.54, 1.807) is 0 Å². The van der Waals surface area contributed by atoms with E-state index in [1.807, 2.05) is 0 Å². The number of nitrogens with zero attached hydrogens (tertiary/aromatic N) is 6. The molecule has 0 amide bonds. The number of anilines is 2. The van der Waals surface area contributed by atoms with Gasteiger partial charge in [-0.1, -0.05) is 152 Å². The van der Waals surface area contributed by atoms with Crippen LogP contribution in [0.25, 0.3) is 0 Å². The largest absolute Gasteiger partial charge is 0.239 e. The van der Waals surface area contributed by atoms with Crippen molar-refractivity contribution in [3.8, 4) is 0 Å².